The van der Waals surface area contributed by atoms with Crippen molar-refractivity contribution in [3.05, 3.63) is 34.7 Å². The van der Waals surface area contributed by atoms with Crippen LogP contribution in [0.4, 0.5) is 8.78 Å². The van der Waals surface area contributed by atoms with Crippen molar-refractivity contribution in [3.63, 3.8) is 0 Å². The minimum atomic E-state index is -0.855. The predicted octanol–water partition coefficient (Wildman–Crippen LogP) is 2.40. The van der Waals surface area contributed by atoms with Crippen LogP contribution in [0.3, 0.4) is 0 Å². The summed E-state index contributed by atoms with van der Waals surface area (Å²) in [5, 5.41) is 0. The molecule has 0 aliphatic carbocycles. The molecule has 0 radical (unpaired) electrons. The molecule has 1 aromatic rings. The molecule has 0 aliphatic heterocycles. The van der Waals surface area contributed by atoms with Gasteiger partial charge in [-0.2, -0.15) is 0 Å². The Kier molecular flexibility index (Phi) is 3.45. The van der Waals surface area contributed by atoms with Crippen LogP contribution in [-0.2, 0) is 6.54 Å². The van der Waals surface area contributed by atoms with Crippen LogP contribution in [0.5, 0.6) is 11.5 Å². The Labute approximate surface area is 86.1 Å². The molecule has 0 saturated heterocycles. The van der Waals surface area contributed by atoms with E-state index in [1.807, 2.05) is 0 Å². The van der Waals surface area contributed by atoms with Crippen LogP contribution in [0.25, 0.3) is 4.85 Å². The Bertz CT molecular complexity index is 385. The van der Waals surface area contributed by atoms with Gasteiger partial charge in [-0.25, -0.2) is 15.4 Å². The number of methoxy groups -OCH3 is 2. The zero-order valence-electron chi connectivity index (χ0n) is 8.30. The van der Waals surface area contributed by atoms with E-state index in [0.717, 1.165) is 6.07 Å². The van der Waals surface area contributed by atoms with Crippen molar-refractivity contribution in [1.29, 1.82) is 0 Å². The maximum absolute atomic E-state index is 13.5. The first-order chi connectivity index (χ1) is 7.15. The molecule has 5 heteroatoms. The zero-order valence-corrected chi connectivity index (χ0v) is 8.30. The minimum Gasteiger partial charge on any atom is -0.494 e. The molecule has 0 aromatic heterocycles. The van der Waals surface area contributed by atoms with Crippen LogP contribution in [0.1, 0.15) is 5.56 Å². The lowest BCUT2D eigenvalue weighted by molar-refractivity contribution is 0.354. The minimum absolute atomic E-state index is 0.132. The van der Waals surface area contributed by atoms with Crippen LogP contribution in [0, 0.1) is 18.2 Å². The van der Waals surface area contributed by atoms with Gasteiger partial charge in [-0.1, -0.05) is 0 Å². The lowest BCUT2D eigenvalue weighted by atomic mass is 10.1. The second-order valence-electron chi connectivity index (χ2n) is 2.70. The third-order valence-electron chi connectivity index (χ3n) is 1.90. The molecule has 15 heavy (non-hydrogen) atoms. The van der Waals surface area contributed by atoms with E-state index in [-0.39, 0.29) is 23.6 Å². The molecular formula is C10H9F2NO2. The molecule has 80 valence electrons. The standard InChI is InChI=1S/C10H9F2NO2/c1-13-5-6-9(11)7(14-2)4-8(15-3)10(6)12/h4H,5H2,2-3H3. The van der Waals surface area contributed by atoms with Gasteiger partial charge in [0.05, 0.1) is 14.2 Å². The fourth-order valence-corrected chi connectivity index (χ4v) is 1.15. The van der Waals surface area contributed by atoms with Gasteiger partial charge in [0, 0.05) is 6.07 Å². The monoisotopic (exact) mass is 213 g/mol. The summed E-state index contributed by atoms with van der Waals surface area (Å²) in [7, 11) is 2.52. The van der Waals surface area contributed by atoms with Gasteiger partial charge < -0.3 is 14.3 Å². The summed E-state index contributed by atoms with van der Waals surface area (Å²) in [6, 6.07) is 1.11. The van der Waals surface area contributed by atoms with Crippen molar-refractivity contribution < 1.29 is 18.3 Å². The predicted molar refractivity (Wildman–Crippen MR) is 49.8 cm³/mol. The first-order valence-corrected chi connectivity index (χ1v) is 4.07. The van der Waals surface area contributed by atoms with Crippen LogP contribution in [0.15, 0.2) is 6.07 Å². The third-order valence-corrected chi connectivity index (χ3v) is 1.90. The van der Waals surface area contributed by atoms with E-state index in [1.165, 1.54) is 14.2 Å². The quantitative estimate of drug-likeness (QED) is 0.719. The summed E-state index contributed by atoms with van der Waals surface area (Å²) in [6.07, 6.45) is 0. The van der Waals surface area contributed by atoms with E-state index < -0.39 is 11.6 Å². The van der Waals surface area contributed by atoms with E-state index in [1.54, 1.807) is 0 Å². The molecule has 0 amide bonds. The van der Waals surface area contributed by atoms with Crippen LogP contribution >= 0.6 is 0 Å². The van der Waals surface area contributed by atoms with Gasteiger partial charge in [0.2, 0.25) is 6.54 Å². The summed E-state index contributed by atoms with van der Waals surface area (Å²) in [5.41, 5.74) is -0.332. The number of benzene rings is 1. The molecule has 0 saturated carbocycles. The first-order valence-electron chi connectivity index (χ1n) is 4.07. The summed E-state index contributed by atoms with van der Waals surface area (Å²) >= 11 is 0. The van der Waals surface area contributed by atoms with E-state index >= 15 is 0 Å². The number of ether oxygens (including phenoxy) is 2. The smallest absolute Gasteiger partial charge is 0.245 e. The van der Waals surface area contributed by atoms with Crippen molar-refractivity contribution in [2.45, 2.75) is 6.54 Å². The van der Waals surface area contributed by atoms with Crippen molar-refractivity contribution in [1.82, 2.24) is 0 Å². The maximum atomic E-state index is 13.5. The Morgan fingerprint density at radius 3 is 2.00 bits per heavy atom. The Hall–Kier alpha value is -1.83. The lowest BCUT2D eigenvalue weighted by Crippen LogP contribution is -2.01. The van der Waals surface area contributed by atoms with E-state index in [2.05, 4.69) is 4.85 Å². The van der Waals surface area contributed by atoms with Crippen molar-refractivity contribution >= 4 is 0 Å². The second kappa shape index (κ2) is 4.60. The normalized spacial score (nSPS) is 9.53. The molecule has 0 unspecified atom stereocenters. The molecule has 0 fully saturated rings. The Morgan fingerprint density at radius 1 is 1.20 bits per heavy atom. The van der Waals surface area contributed by atoms with Crippen molar-refractivity contribution in [2.24, 2.45) is 0 Å². The van der Waals surface area contributed by atoms with Crippen LogP contribution in [-0.4, -0.2) is 14.2 Å². The second-order valence-corrected chi connectivity index (χ2v) is 2.70. The molecule has 1 rings (SSSR count). The Balaban J connectivity index is 3.40. The molecule has 0 spiro atoms. The van der Waals surface area contributed by atoms with Gasteiger partial charge in [-0.15, -0.1) is 0 Å². The van der Waals surface area contributed by atoms with Crippen molar-refractivity contribution in [2.75, 3.05) is 14.2 Å². The fourth-order valence-electron chi connectivity index (χ4n) is 1.15. The van der Waals surface area contributed by atoms with E-state index in [0.29, 0.717) is 0 Å². The van der Waals surface area contributed by atoms with Crippen molar-refractivity contribution in [3.8, 4) is 11.5 Å². The maximum Gasteiger partial charge on any atom is 0.245 e. The molecule has 0 heterocycles. The van der Waals surface area contributed by atoms with Crippen LogP contribution < -0.4 is 9.47 Å². The summed E-state index contributed by atoms with van der Waals surface area (Å²) in [5.74, 6) is -1.97. The topological polar surface area (TPSA) is 22.8 Å². The zero-order chi connectivity index (χ0) is 11.4. The highest BCUT2D eigenvalue weighted by Gasteiger charge is 2.21. The van der Waals surface area contributed by atoms with Gasteiger partial charge in [-0.05, 0) is 0 Å². The highest BCUT2D eigenvalue weighted by Crippen LogP contribution is 2.31. The highest BCUT2D eigenvalue weighted by molar-refractivity contribution is 5.42. The van der Waals surface area contributed by atoms with E-state index in [4.69, 9.17) is 16.0 Å². The number of hydrogen-bond acceptors (Lipinski definition) is 2. The van der Waals surface area contributed by atoms with E-state index in [9.17, 15) is 8.78 Å². The average Bonchev–Trinajstić information content (AvgIpc) is 2.25. The number of hydrogen-bond donors (Lipinski definition) is 0. The first kappa shape index (κ1) is 11.2. The summed E-state index contributed by atoms with van der Waals surface area (Å²) in [6.45, 7) is 6.21. The Morgan fingerprint density at radius 2 is 1.67 bits per heavy atom. The number of nitrogens with zero attached hydrogens (tertiary/aromatic N) is 1. The molecule has 3 nitrogen and oxygen atoms in total. The largest absolute Gasteiger partial charge is 0.494 e. The highest BCUT2D eigenvalue weighted by atomic mass is 19.1. The fraction of sp³-hybridized carbons (Fsp3) is 0.300. The molecule has 0 bridgehead atoms. The van der Waals surface area contributed by atoms with Gasteiger partial charge in [0.25, 0.3) is 0 Å². The molecule has 0 aliphatic rings. The summed E-state index contributed by atoms with van der Waals surface area (Å²) in [4.78, 5) is 2.94. The van der Waals surface area contributed by atoms with Gasteiger partial charge in [0.15, 0.2) is 23.1 Å². The number of halogens is 2. The van der Waals surface area contributed by atoms with Gasteiger partial charge in [-0.3, -0.25) is 0 Å². The molecular weight excluding hydrogens is 204 g/mol. The van der Waals surface area contributed by atoms with Crippen LogP contribution in [0.2, 0.25) is 0 Å². The third kappa shape index (κ3) is 1.99. The average molecular weight is 213 g/mol. The summed E-state index contributed by atoms with van der Waals surface area (Å²) < 4.78 is 36.4. The molecule has 1 aromatic carbocycles. The number of rotatable bonds is 3. The molecule has 0 atom stereocenters. The lowest BCUT2D eigenvalue weighted by Gasteiger charge is -2.09. The van der Waals surface area contributed by atoms with Gasteiger partial charge >= 0.3 is 0 Å². The van der Waals surface area contributed by atoms with Gasteiger partial charge in [0.1, 0.15) is 5.56 Å². The SMILES string of the molecule is [C-]#[N+]Cc1c(F)c(OC)cc(OC)c1F. The molecule has 0 N–H and O–H groups in total.